The van der Waals surface area contributed by atoms with Crippen molar-refractivity contribution in [1.29, 1.82) is 0 Å². The summed E-state index contributed by atoms with van der Waals surface area (Å²) >= 11 is 1.31. The Balaban J connectivity index is 1.68. The van der Waals surface area contributed by atoms with Crippen LogP contribution in [0.15, 0.2) is 87.6 Å². The molecule has 0 aliphatic carbocycles. The van der Waals surface area contributed by atoms with Crippen molar-refractivity contribution in [2.24, 2.45) is 0 Å². The van der Waals surface area contributed by atoms with Crippen LogP contribution in [-0.4, -0.2) is 20.7 Å². The second-order valence-electron chi connectivity index (χ2n) is 6.45. The maximum Gasteiger partial charge on any atom is 0.345 e. The van der Waals surface area contributed by atoms with Crippen LogP contribution in [0.1, 0.15) is 10.4 Å². The van der Waals surface area contributed by atoms with Crippen LogP contribution in [-0.2, 0) is 0 Å². The van der Waals surface area contributed by atoms with Crippen LogP contribution in [0.5, 0.6) is 0 Å². The molecule has 0 saturated carbocycles. The highest BCUT2D eigenvalue weighted by molar-refractivity contribution is 7.13. The minimum absolute atomic E-state index is 0.215. The van der Waals surface area contributed by atoms with Crippen molar-refractivity contribution in [1.82, 2.24) is 14.8 Å². The van der Waals surface area contributed by atoms with Crippen LogP contribution >= 0.6 is 11.3 Å². The lowest BCUT2D eigenvalue weighted by Gasteiger charge is -2.03. The zero-order valence-corrected chi connectivity index (χ0v) is 16.3. The zero-order chi connectivity index (χ0) is 20.5. The van der Waals surface area contributed by atoms with Gasteiger partial charge in [-0.1, -0.05) is 36.4 Å². The van der Waals surface area contributed by atoms with E-state index < -0.39 is 11.5 Å². The number of hydrogen-bond acceptors (Lipinski definition) is 6. The first-order valence-electron chi connectivity index (χ1n) is 9.08. The van der Waals surface area contributed by atoms with Crippen LogP contribution in [0.25, 0.3) is 27.9 Å². The molecule has 0 unspecified atom stereocenters. The van der Waals surface area contributed by atoms with Gasteiger partial charge in [-0.05, 0) is 24.3 Å². The van der Waals surface area contributed by atoms with E-state index in [-0.39, 0.29) is 16.8 Å². The Labute approximate surface area is 174 Å². The molecule has 5 rings (SSSR count). The van der Waals surface area contributed by atoms with Gasteiger partial charge in [-0.2, -0.15) is 5.10 Å². The maximum absolute atomic E-state index is 13.0. The predicted octanol–water partition coefficient (Wildman–Crippen LogP) is 4.35. The normalized spacial score (nSPS) is 10.9. The second kappa shape index (κ2) is 7.41. The molecule has 0 atom stereocenters. The smallest absolute Gasteiger partial charge is 0.345 e. The van der Waals surface area contributed by atoms with Gasteiger partial charge in [0.25, 0.3) is 5.91 Å². The standard InChI is InChI=1S/C22H14N4O3S/c27-20(24-22-23-10-11-30-22)17-13-26(15-7-2-1-3-8-15)25-19(17)16-12-14-6-4-5-9-18(14)29-21(16)28/h1-13H,(H,23,24,27). The minimum Gasteiger partial charge on any atom is -0.422 e. The lowest BCUT2D eigenvalue weighted by atomic mass is 10.1. The largest absolute Gasteiger partial charge is 0.422 e. The van der Waals surface area contributed by atoms with E-state index in [2.05, 4.69) is 15.4 Å². The average Bonchev–Trinajstić information content (AvgIpc) is 3.44. The molecule has 0 aliphatic heterocycles. The number of rotatable bonds is 4. The number of anilines is 1. The molecule has 0 bridgehead atoms. The summed E-state index contributed by atoms with van der Waals surface area (Å²) in [6.45, 7) is 0. The molecular weight excluding hydrogens is 400 g/mol. The summed E-state index contributed by atoms with van der Waals surface area (Å²) in [5.41, 5.74) is 1.38. The number of fused-ring (bicyclic) bond motifs is 1. The first-order chi connectivity index (χ1) is 14.7. The molecule has 5 aromatic rings. The van der Waals surface area contributed by atoms with Crippen molar-refractivity contribution in [3.63, 3.8) is 0 Å². The van der Waals surface area contributed by atoms with E-state index in [1.807, 2.05) is 42.5 Å². The quantitative estimate of drug-likeness (QED) is 0.442. The number of nitrogens with zero attached hydrogens (tertiary/aromatic N) is 3. The number of carbonyl (C=O) groups excluding carboxylic acids is 1. The topological polar surface area (TPSA) is 90.0 Å². The highest BCUT2D eigenvalue weighted by atomic mass is 32.1. The molecule has 146 valence electrons. The molecule has 2 aromatic carbocycles. The molecule has 7 nitrogen and oxygen atoms in total. The third-order valence-corrected chi connectivity index (χ3v) is 5.22. The summed E-state index contributed by atoms with van der Waals surface area (Å²) in [4.78, 5) is 29.8. The van der Waals surface area contributed by atoms with E-state index in [0.29, 0.717) is 10.7 Å². The summed E-state index contributed by atoms with van der Waals surface area (Å²) in [5.74, 6) is -0.408. The Bertz CT molecular complexity index is 1410. The van der Waals surface area contributed by atoms with Gasteiger partial charge < -0.3 is 4.42 Å². The summed E-state index contributed by atoms with van der Waals surface area (Å²) in [7, 11) is 0. The number of thiazole rings is 1. The second-order valence-corrected chi connectivity index (χ2v) is 7.34. The van der Waals surface area contributed by atoms with E-state index in [4.69, 9.17) is 4.42 Å². The van der Waals surface area contributed by atoms with Crippen molar-refractivity contribution < 1.29 is 9.21 Å². The maximum atomic E-state index is 13.0. The number of hydrogen-bond donors (Lipinski definition) is 1. The van der Waals surface area contributed by atoms with Crippen LogP contribution in [0.3, 0.4) is 0 Å². The first-order valence-corrected chi connectivity index (χ1v) is 9.96. The highest BCUT2D eigenvalue weighted by Crippen LogP contribution is 2.25. The summed E-state index contributed by atoms with van der Waals surface area (Å²) in [6.07, 6.45) is 3.20. The molecule has 3 heterocycles. The predicted molar refractivity (Wildman–Crippen MR) is 115 cm³/mol. The Kier molecular flexibility index (Phi) is 4.45. The zero-order valence-electron chi connectivity index (χ0n) is 15.5. The molecule has 0 spiro atoms. The van der Waals surface area contributed by atoms with E-state index >= 15 is 0 Å². The summed E-state index contributed by atoms with van der Waals surface area (Å²) in [6, 6.07) is 18.3. The Morgan fingerprint density at radius 1 is 1.07 bits per heavy atom. The number of para-hydroxylation sites is 2. The molecule has 1 N–H and O–H groups in total. The lowest BCUT2D eigenvalue weighted by molar-refractivity contribution is 0.102. The molecule has 0 saturated heterocycles. The Hall–Kier alpha value is -4.04. The Morgan fingerprint density at radius 2 is 1.87 bits per heavy atom. The van der Waals surface area contributed by atoms with Crippen molar-refractivity contribution in [3.8, 4) is 16.9 Å². The fourth-order valence-corrected chi connectivity index (χ4v) is 3.65. The monoisotopic (exact) mass is 414 g/mol. The van der Waals surface area contributed by atoms with Gasteiger partial charge >= 0.3 is 5.63 Å². The van der Waals surface area contributed by atoms with Gasteiger partial charge in [0.05, 0.1) is 16.8 Å². The van der Waals surface area contributed by atoms with Gasteiger partial charge in [0.1, 0.15) is 11.3 Å². The molecule has 0 aliphatic rings. The Morgan fingerprint density at radius 3 is 2.67 bits per heavy atom. The molecule has 3 aromatic heterocycles. The molecule has 1 amide bonds. The summed E-state index contributed by atoms with van der Waals surface area (Å²) in [5, 5.41) is 10.3. The van der Waals surface area contributed by atoms with Crippen molar-refractivity contribution in [2.45, 2.75) is 0 Å². The minimum atomic E-state index is -0.560. The van der Waals surface area contributed by atoms with Gasteiger partial charge in [0.2, 0.25) is 0 Å². The SMILES string of the molecule is O=C(Nc1nccs1)c1cn(-c2ccccc2)nc1-c1cc2ccccc2oc1=O. The van der Waals surface area contributed by atoms with Crippen LogP contribution in [0.4, 0.5) is 5.13 Å². The summed E-state index contributed by atoms with van der Waals surface area (Å²) < 4.78 is 7.03. The van der Waals surface area contributed by atoms with E-state index in [0.717, 1.165) is 11.1 Å². The fraction of sp³-hybridized carbons (Fsp3) is 0. The number of amides is 1. The number of aromatic nitrogens is 3. The molecule has 8 heteroatoms. The van der Waals surface area contributed by atoms with Crippen LogP contribution < -0.4 is 10.9 Å². The number of benzene rings is 2. The van der Waals surface area contributed by atoms with Gasteiger partial charge in [0, 0.05) is 23.2 Å². The number of nitrogens with one attached hydrogen (secondary N) is 1. The lowest BCUT2D eigenvalue weighted by Crippen LogP contribution is -2.13. The van der Waals surface area contributed by atoms with Gasteiger partial charge in [-0.25, -0.2) is 14.5 Å². The van der Waals surface area contributed by atoms with Crippen molar-refractivity contribution >= 4 is 33.3 Å². The van der Waals surface area contributed by atoms with Gasteiger partial charge in [-0.15, -0.1) is 11.3 Å². The van der Waals surface area contributed by atoms with E-state index in [1.54, 1.807) is 40.7 Å². The molecule has 0 radical (unpaired) electrons. The van der Waals surface area contributed by atoms with E-state index in [1.165, 1.54) is 11.3 Å². The van der Waals surface area contributed by atoms with Crippen LogP contribution in [0, 0.1) is 0 Å². The molecule has 30 heavy (non-hydrogen) atoms. The molecular formula is C22H14N4O3S. The fourth-order valence-electron chi connectivity index (χ4n) is 3.13. The van der Waals surface area contributed by atoms with Gasteiger partial charge in [-0.3, -0.25) is 10.1 Å². The van der Waals surface area contributed by atoms with Crippen LogP contribution in [0.2, 0.25) is 0 Å². The van der Waals surface area contributed by atoms with E-state index in [9.17, 15) is 9.59 Å². The number of carbonyl (C=O) groups is 1. The third kappa shape index (κ3) is 3.29. The molecule has 0 fully saturated rings. The average molecular weight is 414 g/mol. The third-order valence-electron chi connectivity index (χ3n) is 4.53. The van der Waals surface area contributed by atoms with Crippen molar-refractivity contribution in [3.05, 3.63) is 94.4 Å². The highest BCUT2D eigenvalue weighted by Gasteiger charge is 2.22. The van der Waals surface area contributed by atoms with Crippen molar-refractivity contribution in [2.75, 3.05) is 5.32 Å². The van der Waals surface area contributed by atoms with Gasteiger partial charge in [0.15, 0.2) is 5.13 Å². The first kappa shape index (κ1) is 18.0.